The minimum Gasteiger partial charge on any atom is -0.359 e. The van der Waals surface area contributed by atoms with Crippen molar-refractivity contribution in [2.75, 3.05) is 7.05 Å². The quantitative estimate of drug-likeness (QED) is 0.457. The molecular weight excluding hydrogens is 426 g/mol. The number of allylic oxidation sites excluding steroid dienone is 1. The molecule has 0 amide bonds. The molecule has 1 saturated heterocycles. The van der Waals surface area contributed by atoms with Crippen LogP contribution in [0.5, 0.6) is 0 Å². The summed E-state index contributed by atoms with van der Waals surface area (Å²) >= 11 is 0. The second-order valence-electron chi connectivity index (χ2n) is 13.0. The largest absolute Gasteiger partial charge is 0.359 e. The van der Waals surface area contributed by atoms with Crippen LogP contribution in [-0.4, -0.2) is 35.2 Å². The lowest BCUT2D eigenvalue weighted by Gasteiger charge is -2.55. The molecule has 5 aliphatic rings. The molecule has 0 unspecified atom stereocenters. The normalized spacial score (nSPS) is 39.9. The maximum absolute atomic E-state index is 7.51. The maximum Gasteiger partial charge on any atom is 0.0974 e. The van der Waals surface area contributed by atoms with Gasteiger partial charge in [-0.1, -0.05) is 61.5 Å². The highest BCUT2D eigenvalue weighted by molar-refractivity contribution is 5.83. The van der Waals surface area contributed by atoms with Gasteiger partial charge in [0.15, 0.2) is 0 Å². The Kier molecular flexibility index (Phi) is 4.82. The van der Waals surface area contributed by atoms with Crippen LogP contribution in [0.25, 0.3) is 10.8 Å². The highest BCUT2D eigenvalue weighted by atomic mass is 16.5. The van der Waals surface area contributed by atoms with Crippen molar-refractivity contribution in [1.82, 2.24) is 4.90 Å². The van der Waals surface area contributed by atoms with Gasteiger partial charge in [0, 0.05) is 12.1 Å². The van der Waals surface area contributed by atoms with Crippen molar-refractivity contribution in [2.24, 2.45) is 11.3 Å². The molecule has 3 aliphatic carbocycles. The Hall–Kier alpha value is -1.90. The lowest BCUT2D eigenvalue weighted by Crippen LogP contribution is -2.55. The molecule has 2 aliphatic heterocycles. The van der Waals surface area contributed by atoms with E-state index in [1.54, 1.807) is 5.57 Å². The lowest BCUT2D eigenvalue weighted by atomic mass is 9.58. The summed E-state index contributed by atoms with van der Waals surface area (Å²) in [6, 6.07) is 17.3. The first-order valence-electron chi connectivity index (χ1n) is 14.2. The first-order chi connectivity index (χ1) is 16.8. The first-order valence-corrected chi connectivity index (χ1v) is 14.2. The molecule has 2 bridgehead atoms. The van der Waals surface area contributed by atoms with Gasteiger partial charge < -0.3 is 9.64 Å². The summed E-state index contributed by atoms with van der Waals surface area (Å²) in [6.45, 7) is 7.26. The molecule has 2 aromatic rings. The van der Waals surface area contributed by atoms with E-state index in [4.69, 9.17) is 4.74 Å². The Morgan fingerprint density at radius 1 is 1.00 bits per heavy atom. The predicted octanol–water partition coefficient (Wildman–Crippen LogP) is 7.79. The molecule has 3 fully saturated rings. The molecule has 7 rings (SSSR count). The Labute approximate surface area is 211 Å². The average Bonchev–Trinajstić information content (AvgIpc) is 3.38. The Balaban J connectivity index is 1.25. The van der Waals surface area contributed by atoms with E-state index in [-0.39, 0.29) is 16.6 Å². The maximum atomic E-state index is 7.51. The molecule has 2 heteroatoms. The summed E-state index contributed by atoms with van der Waals surface area (Å²) in [7, 11) is 2.32. The van der Waals surface area contributed by atoms with Crippen LogP contribution in [0.1, 0.15) is 83.6 Å². The van der Waals surface area contributed by atoms with Crippen LogP contribution < -0.4 is 0 Å². The van der Waals surface area contributed by atoms with E-state index in [0.717, 1.165) is 0 Å². The van der Waals surface area contributed by atoms with Gasteiger partial charge in [0.05, 0.1) is 11.2 Å². The highest BCUT2D eigenvalue weighted by Gasteiger charge is 2.66. The molecule has 2 saturated carbocycles. The third-order valence-corrected chi connectivity index (χ3v) is 11.2. The van der Waals surface area contributed by atoms with Crippen molar-refractivity contribution in [3.8, 4) is 0 Å². The molecule has 0 aromatic heterocycles. The number of ether oxygens (including phenoxy) is 1. The second kappa shape index (κ2) is 7.56. The van der Waals surface area contributed by atoms with Crippen molar-refractivity contribution in [3.63, 3.8) is 0 Å². The highest BCUT2D eigenvalue weighted by Crippen LogP contribution is 2.69. The molecule has 2 nitrogen and oxygen atoms in total. The third kappa shape index (κ3) is 3.02. The first kappa shape index (κ1) is 22.3. The molecule has 6 atom stereocenters. The summed E-state index contributed by atoms with van der Waals surface area (Å²) in [4.78, 5) is 2.60. The van der Waals surface area contributed by atoms with Crippen LogP contribution in [0.2, 0.25) is 0 Å². The van der Waals surface area contributed by atoms with Crippen LogP contribution >= 0.6 is 0 Å². The Morgan fingerprint density at radius 2 is 1.83 bits per heavy atom. The average molecular weight is 468 g/mol. The molecule has 35 heavy (non-hydrogen) atoms. The van der Waals surface area contributed by atoms with Gasteiger partial charge in [0.2, 0.25) is 0 Å². The van der Waals surface area contributed by atoms with E-state index < -0.39 is 0 Å². The fourth-order valence-electron chi connectivity index (χ4n) is 9.12. The summed E-state index contributed by atoms with van der Waals surface area (Å²) in [6.07, 6.45) is 15.1. The second-order valence-corrected chi connectivity index (χ2v) is 13.0. The number of nitrogens with zero attached hydrogens (tertiary/aromatic N) is 1. The number of hydrogen-bond donors (Lipinski definition) is 0. The van der Waals surface area contributed by atoms with Gasteiger partial charge in [0.1, 0.15) is 0 Å². The van der Waals surface area contributed by atoms with Gasteiger partial charge >= 0.3 is 0 Å². The monoisotopic (exact) mass is 467 g/mol. The van der Waals surface area contributed by atoms with Gasteiger partial charge in [-0.3, -0.25) is 0 Å². The van der Waals surface area contributed by atoms with Crippen molar-refractivity contribution in [1.29, 1.82) is 0 Å². The summed E-state index contributed by atoms with van der Waals surface area (Å²) in [5.74, 6) is 1.23. The van der Waals surface area contributed by atoms with E-state index in [9.17, 15) is 0 Å². The van der Waals surface area contributed by atoms with Crippen LogP contribution in [0.3, 0.4) is 0 Å². The number of hydrogen-bond acceptors (Lipinski definition) is 2. The Bertz CT molecular complexity index is 1240. The van der Waals surface area contributed by atoms with Crippen molar-refractivity contribution < 1.29 is 4.74 Å². The summed E-state index contributed by atoms with van der Waals surface area (Å²) in [5.41, 5.74) is 4.89. The zero-order chi connectivity index (χ0) is 24.0. The van der Waals surface area contributed by atoms with Gasteiger partial charge in [0.25, 0.3) is 0 Å². The van der Waals surface area contributed by atoms with E-state index in [0.29, 0.717) is 23.9 Å². The standard InChI is InChI=1S/C33H41NO/c1-22(2)34(4)28-12-11-26-20-27-15-16-31(3)29(25-10-9-23-7-5-6-8-24(23)19-25)13-14-30(31)33(27)18-17-32(26,21-28)35-33/h5-10,15,19-20,22,28-30H,11-14,16-18,21H2,1-4H3/t28-,29-,30-,31-,32-,33-/m1/s1. The van der Waals surface area contributed by atoms with E-state index >= 15 is 0 Å². The number of rotatable bonds is 3. The molecule has 2 spiro atoms. The fraction of sp³-hybridized carbons (Fsp3) is 0.576. The minimum absolute atomic E-state index is 0.0112. The molecule has 184 valence electrons. The minimum atomic E-state index is -0.0552. The molecule has 2 aromatic carbocycles. The van der Waals surface area contributed by atoms with Gasteiger partial charge in [-0.25, -0.2) is 0 Å². The summed E-state index contributed by atoms with van der Waals surface area (Å²) in [5, 5.41) is 2.73. The molecule has 2 heterocycles. The topological polar surface area (TPSA) is 12.5 Å². The number of fused-ring (bicyclic) bond motifs is 2. The zero-order valence-electron chi connectivity index (χ0n) is 22.0. The van der Waals surface area contributed by atoms with Crippen LogP contribution in [0, 0.1) is 11.3 Å². The third-order valence-electron chi connectivity index (χ3n) is 11.2. The molecular formula is C33H41NO. The van der Waals surface area contributed by atoms with E-state index in [1.807, 2.05) is 0 Å². The summed E-state index contributed by atoms with van der Waals surface area (Å²) < 4.78 is 7.51. The lowest BCUT2D eigenvalue weighted by molar-refractivity contribution is -0.141. The van der Waals surface area contributed by atoms with Crippen LogP contribution in [0.15, 0.2) is 65.8 Å². The number of benzene rings is 2. The molecule has 0 radical (unpaired) electrons. The van der Waals surface area contributed by atoms with Crippen molar-refractivity contribution in [3.05, 3.63) is 71.3 Å². The van der Waals surface area contributed by atoms with E-state index in [1.165, 1.54) is 73.3 Å². The van der Waals surface area contributed by atoms with Crippen LogP contribution in [-0.2, 0) is 4.74 Å². The van der Waals surface area contributed by atoms with Gasteiger partial charge in [-0.05, 0) is 117 Å². The van der Waals surface area contributed by atoms with Crippen molar-refractivity contribution >= 4 is 10.8 Å². The predicted molar refractivity (Wildman–Crippen MR) is 145 cm³/mol. The fourth-order valence-corrected chi connectivity index (χ4v) is 9.12. The SMILES string of the molecule is CC(C)N(C)[C@@H]1CCC2=CC3=CC[C@]4(C)[C@@H](c5ccc6ccccc6c5)CC[C@H]4[C@@]34CC[C@]2(C1)O4. The van der Waals surface area contributed by atoms with Crippen LogP contribution in [0.4, 0.5) is 0 Å². The van der Waals surface area contributed by atoms with E-state index in [2.05, 4.69) is 87.3 Å². The Morgan fingerprint density at radius 3 is 2.66 bits per heavy atom. The van der Waals surface area contributed by atoms with Gasteiger partial charge in [-0.15, -0.1) is 0 Å². The zero-order valence-corrected chi connectivity index (χ0v) is 22.0. The van der Waals surface area contributed by atoms with Crippen molar-refractivity contribution in [2.45, 2.75) is 101 Å². The van der Waals surface area contributed by atoms with Gasteiger partial charge in [-0.2, -0.15) is 0 Å². The smallest absolute Gasteiger partial charge is 0.0974 e. The molecule has 0 N–H and O–H groups in total.